The Morgan fingerprint density at radius 1 is 1.32 bits per heavy atom. The van der Waals surface area contributed by atoms with Crippen molar-refractivity contribution in [3.8, 4) is 0 Å². The van der Waals surface area contributed by atoms with E-state index in [0.29, 0.717) is 16.6 Å². The zero-order valence-electron chi connectivity index (χ0n) is 11.1. The normalized spacial score (nSPS) is 18.6. The van der Waals surface area contributed by atoms with Crippen molar-refractivity contribution in [2.24, 2.45) is 11.8 Å². The van der Waals surface area contributed by atoms with Gasteiger partial charge in [-0.25, -0.2) is 4.68 Å². The van der Waals surface area contributed by atoms with Crippen molar-refractivity contribution in [3.63, 3.8) is 0 Å². The standard InChI is InChI=1S/C14H20ClN3O/c15-12-8-17-18(9-11-5-6-11)14(19)13(12)16-7-1-2-10-3-4-10/h8,10-11,16H,1-7,9H2. The van der Waals surface area contributed by atoms with Gasteiger partial charge >= 0.3 is 0 Å². The number of rotatable bonds is 7. The predicted molar refractivity (Wildman–Crippen MR) is 76.7 cm³/mol. The van der Waals surface area contributed by atoms with E-state index in [1.807, 2.05) is 0 Å². The smallest absolute Gasteiger partial charge is 0.291 e. The molecule has 2 aliphatic carbocycles. The molecule has 0 unspecified atom stereocenters. The van der Waals surface area contributed by atoms with Gasteiger partial charge in [0.15, 0.2) is 0 Å². The molecule has 2 saturated carbocycles. The van der Waals surface area contributed by atoms with Crippen LogP contribution in [0.1, 0.15) is 38.5 Å². The zero-order valence-corrected chi connectivity index (χ0v) is 11.8. The molecule has 2 aliphatic rings. The first-order chi connectivity index (χ1) is 9.24. The van der Waals surface area contributed by atoms with Crippen LogP contribution in [0.2, 0.25) is 5.02 Å². The number of nitrogens with zero attached hydrogens (tertiary/aromatic N) is 2. The lowest BCUT2D eigenvalue weighted by Crippen LogP contribution is -2.27. The van der Waals surface area contributed by atoms with Crippen LogP contribution in [0, 0.1) is 11.8 Å². The van der Waals surface area contributed by atoms with Crippen LogP contribution in [0.4, 0.5) is 5.69 Å². The zero-order chi connectivity index (χ0) is 13.2. The molecule has 4 nitrogen and oxygen atoms in total. The fraction of sp³-hybridized carbons (Fsp3) is 0.714. The number of nitrogens with one attached hydrogen (secondary N) is 1. The van der Waals surface area contributed by atoms with Gasteiger partial charge in [-0.2, -0.15) is 5.10 Å². The average Bonchev–Trinajstić information content (AvgIpc) is 3.25. The van der Waals surface area contributed by atoms with Crippen LogP contribution >= 0.6 is 11.6 Å². The van der Waals surface area contributed by atoms with Gasteiger partial charge in [0.2, 0.25) is 0 Å². The van der Waals surface area contributed by atoms with Crippen LogP contribution in [-0.4, -0.2) is 16.3 Å². The Balaban J connectivity index is 1.61. The molecule has 0 bridgehead atoms. The summed E-state index contributed by atoms with van der Waals surface area (Å²) < 4.78 is 1.55. The molecule has 0 aromatic carbocycles. The Kier molecular flexibility index (Phi) is 3.78. The summed E-state index contributed by atoms with van der Waals surface area (Å²) in [4.78, 5) is 12.2. The van der Waals surface area contributed by atoms with Crippen molar-refractivity contribution in [1.29, 1.82) is 0 Å². The maximum absolute atomic E-state index is 12.2. The van der Waals surface area contributed by atoms with Crippen molar-refractivity contribution < 1.29 is 0 Å². The molecule has 1 aromatic rings. The van der Waals surface area contributed by atoms with Crippen molar-refractivity contribution >= 4 is 17.3 Å². The summed E-state index contributed by atoms with van der Waals surface area (Å²) in [5.74, 6) is 1.57. The molecule has 104 valence electrons. The van der Waals surface area contributed by atoms with E-state index >= 15 is 0 Å². The van der Waals surface area contributed by atoms with Crippen molar-refractivity contribution in [3.05, 3.63) is 21.6 Å². The first-order valence-electron chi connectivity index (χ1n) is 7.23. The molecule has 1 aromatic heterocycles. The van der Waals surface area contributed by atoms with Gasteiger partial charge in [0.1, 0.15) is 5.69 Å². The number of hydrogen-bond acceptors (Lipinski definition) is 3. The van der Waals surface area contributed by atoms with Crippen LogP contribution in [0.25, 0.3) is 0 Å². The maximum atomic E-state index is 12.2. The molecule has 0 radical (unpaired) electrons. The van der Waals surface area contributed by atoms with E-state index in [4.69, 9.17) is 11.6 Å². The molecular weight excluding hydrogens is 262 g/mol. The highest BCUT2D eigenvalue weighted by molar-refractivity contribution is 6.32. The second kappa shape index (κ2) is 5.53. The third-order valence-corrected chi connectivity index (χ3v) is 4.20. The molecular formula is C14H20ClN3O. The number of hydrogen-bond donors (Lipinski definition) is 1. The molecule has 1 heterocycles. The molecule has 19 heavy (non-hydrogen) atoms. The topological polar surface area (TPSA) is 46.9 Å². The summed E-state index contributed by atoms with van der Waals surface area (Å²) >= 11 is 6.07. The monoisotopic (exact) mass is 281 g/mol. The van der Waals surface area contributed by atoms with Crippen LogP contribution in [0.3, 0.4) is 0 Å². The fourth-order valence-electron chi connectivity index (χ4n) is 2.31. The minimum Gasteiger partial charge on any atom is -0.379 e. The number of aromatic nitrogens is 2. The fourth-order valence-corrected chi connectivity index (χ4v) is 2.51. The lowest BCUT2D eigenvalue weighted by atomic mass is 10.2. The minimum atomic E-state index is -0.0779. The molecule has 0 atom stereocenters. The molecule has 0 aliphatic heterocycles. The molecule has 1 N–H and O–H groups in total. The van der Waals surface area contributed by atoms with Gasteiger partial charge in [0.25, 0.3) is 5.56 Å². The summed E-state index contributed by atoms with van der Waals surface area (Å²) in [5, 5.41) is 7.74. The van der Waals surface area contributed by atoms with E-state index in [-0.39, 0.29) is 5.56 Å². The van der Waals surface area contributed by atoms with E-state index in [1.165, 1.54) is 32.1 Å². The van der Waals surface area contributed by atoms with Crippen LogP contribution in [0.5, 0.6) is 0 Å². The molecule has 0 amide bonds. The maximum Gasteiger partial charge on any atom is 0.291 e. The highest BCUT2D eigenvalue weighted by Gasteiger charge is 2.23. The average molecular weight is 282 g/mol. The van der Waals surface area contributed by atoms with Crippen LogP contribution < -0.4 is 10.9 Å². The minimum absolute atomic E-state index is 0.0779. The third-order valence-electron chi connectivity index (χ3n) is 3.91. The van der Waals surface area contributed by atoms with Gasteiger partial charge < -0.3 is 5.32 Å². The van der Waals surface area contributed by atoms with Gasteiger partial charge in [-0.1, -0.05) is 24.4 Å². The molecule has 2 fully saturated rings. The molecule has 5 heteroatoms. The molecule has 0 saturated heterocycles. The Morgan fingerprint density at radius 3 is 2.74 bits per heavy atom. The Morgan fingerprint density at radius 2 is 2.05 bits per heavy atom. The Hall–Kier alpha value is -1.03. The van der Waals surface area contributed by atoms with Gasteiger partial charge in [0, 0.05) is 13.1 Å². The second-order valence-corrected chi connectivity index (χ2v) is 6.22. The second-order valence-electron chi connectivity index (χ2n) is 5.81. The van der Waals surface area contributed by atoms with Crippen LogP contribution in [-0.2, 0) is 6.54 Å². The lowest BCUT2D eigenvalue weighted by molar-refractivity contribution is 0.534. The molecule has 3 rings (SSSR count). The SMILES string of the molecule is O=c1c(NCCCC2CC2)c(Cl)cnn1CC1CC1. The Bertz CT molecular complexity index is 506. The van der Waals surface area contributed by atoms with E-state index in [2.05, 4.69) is 10.4 Å². The first-order valence-corrected chi connectivity index (χ1v) is 7.61. The van der Waals surface area contributed by atoms with Crippen molar-refractivity contribution in [2.45, 2.75) is 45.1 Å². The first kappa shape index (κ1) is 13.0. The summed E-state index contributed by atoms with van der Waals surface area (Å²) in [6.45, 7) is 1.55. The quantitative estimate of drug-likeness (QED) is 0.782. The third kappa shape index (κ3) is 3.50. The largest absolute Gasteiger partial charge is 0.379 e. The summed E-state index contributed by atoms with van der Waals surface area (Å²) in [6, 6.07) is 0. The van der Waals surface area contributed by atoms with Gasteiger partial charge in [-0.05, 0) is 37.5 Å². The summed E-state index contributed by atoms with van der Waals surface area (Å²) in [7, 11) is 0. The van der Waals surface area contributed by atoms with Gasteiger partial charge in [-0.15, -0.1) is 0 Å². The van der Waals surface area contributed by atoms with E-state index in [9.17, 15) is 4.79 Å². The Labute approximate surface area is 118 Å². The van der Waals surface area contributed by atoms with Crippen LogP contribution in [0.15, 0.2) is 11.0 Å². The van der Waals surface area contributed by atoms with E-state index in [1.54, 1.807) is 10.9 Å². The van der Waals surface area contributed by atoms with Crippen molar-refractivity contribution in [2.75, 3.05) is 11.9 Å². The van der Waals surface area contributed by atoms with Gasteiger partial charge in [-0.3, -0.25) is 4.79 Å². The highest BCUT2D eigenvalue weighted by atomic mass is 35.5. The van der Waals surface area contributed by atoms with Crippen molar-refractivity contribution in [1.82, 2.24) is 9.78 Å². The lowest BCUT2D eigenvalue weighted by Gasteiger charge is -2.10. The van der Waals surface area contributed by atoms with E-state index in [0.717, 1.165) is 25.4 Å². The predicted octanol–water partition coefficient (Wildman–Crippen LogP) is 2.91. The number of anilines is 1. The van der Waals surface area contributed by atoms with Gasteiger partial charge in [0.05, 0.1) is 11.2 Å². The summed E-state index contributed by atoms with van der Waals surface area (Å²) in [6.07, 6.45) is 9.11. The molecule has 0 spiro atoms. The van der Waals surface area contributed by atoms with E-state index < -0.39 is 0 Å². The highest BCUT2D eigenvalue weighted by Crippen LogP contribution is 2.33. The summed E-state index contributed by atoms with van der Waals surface area (Å²) in [5.41, 5.74) is 0.443. The number of halogens is 1.